The van der Waals surface area contributed by atoms with E-state index in [2.05, 4.69) is 125 Å². The van der Waals surface area contributed by atoms with E-state index in [1.165, 1.54) is 17.2 Å². The van der Waals surface area contributed by atoms with Crippen molar-refractivity contribution in [3.63, 3.8) is 0 Å². The lowest BCUT2D eigenvalue weighted by Gasteiger charge is -2.28. The van der Waals surface area contributed by atoms with E-state index in [-0.39, 0.29) is 10.8 Å². The van der Waals surface area contributed by atoms with E-state index < -0.39 is 11.6 Å². The predicted molar refractivity (Wildman–Crippen MR) is 180 cm³/mol. The quantitative estimate of drug-likeness (QED) is 0.204. The molecule has 43 heavy (non-hydrogen) atoms. The minimum absolute atomic E-state index is 0.0790. The van der Waals surface area contributed by atoms with E-state index in [0.717, 1.165) is 44.5 Å². The van der Waals surface area contributed by atoms with Gasteiger partial charge in [-0.3, -0.25) is 9.59 Å². The minimum atomic E-state index is -0.468. The molecule has 0 spiro atoms. The van der Waals surface area contributed by atoms with Crippen molar-refractivity contribution < 1.29 is 9.59 Å². The van der Waals surface area contributed by atoms with Gasteiger partial charge in [-0.05, 0) is 104 Å². The van der Waals surface area contributed by atoms with E-state index in [1.54, 1.807) is 6.08 Å². The molecule has 1 aliphatic carbocycles. The third-order valence-corrected chi connectivity index (χ3v) is 8.35. The fourth-order valence-corrected chi connectivity index (χ4v) is 5.76. The first-order valence-electron chi connectivity index (χ1n) is 14.9. The number of hydrogen-bond acceptors (Lipinski definition) is 3. The SMILES string of the molecule is CC(C)(C)c1ccc(N(c2ccc(-c3cccc4cc5c(cc34)C=CC(=O)C5=O)cc2)c2ccc(C(C)(C)C)cc2)cc1. The number of carbonyl (C=O) groups is 2. The molecule has 0 aliphatic heterocycles. The molecule has 1 aliphatic rings. The van der Waals surface area contributed by atoms with Gasteiger partial charge in [-0.25, -0.2) is 0 Å². The van der Waals surface area contributed by atoms with Crippen molar-refractivity contribution in [2.75, 3.05) is 4.90 Å². The molecule has 214 valence electrons. The maximum absolute atomic E-state index is 12.5. The molecule has 3 heteroatoms. The third kappa shape index (κ3) is 5.44. The number of carbonyl (C=O) groups excluding carboxylic acids is 2. The third-order valence-electron chi connectivity index (χ3n) is 8.35. The fourth-order valence-electron chi connectivity index (χ4n) is 5.76. The Hall–Kier alpha value is -4.76. The molecule has 0 saturated heterocycles. The highest BCUT2D eigenvalue weighted by Crippen LogP contribution is 2.39. The summed E-state index contributed by atoms with van der Waals surface area (Å²) in [5, 5.41) is 1.99. The van der Waals surface area contributed by atoms with Crippen LogP contribution in [0.5, 0.6) is 0 Å². The van der Waals surface area contributed by atoms with Gasteiger partial charge in [-0.2, -0.15) is 0 Å². The van der Waals surface area contributed by atoms with Gasteiger partial charge in [-0.15, -0.1) is 0 Å². The summed E-state index contributed by atoms with van der Waals surface area (Å²) in [6, 6.07) is 36.4. The van der Waals surface area contributed by atoms with Gasteiger partial charge in [0.15, 0.2) is 0 Å². The van der Waals surface area contributed by atoms with Crippen LogP contribution in [0.2, 0.25) is 0 Å². The Labute approximate surface area is 254 Å². The van der Waals surface area contributed by atoms with Crippen molar-refractivity contribution in [1.29, 1.82) is 0 Å². The molecule has 5 aromatic rings. The number of Topliss-reactive ketones (excluding diaryl/α,β-unsaturated/α-hetero) is 1. The molecule has 0 amide bonds. The molecule has 0 bridgehead atoms. The zero-order valence-corrected chi connectivity index (χ0v) is 25.7. The van der Waals surface area contributed by atoms with Gasteiger partial charge in [0.05, 0.1) is 0 Å². The lowest BCUT2D eigenvalue weighted by molar-refractivity contribution is -0.110. The highest BCUT2D eigenvalue weighted by molar-refractivity contribution is 6.50. The number of ketones is 2. The van der Waals surface area contributed by atoms with Gasteiger partial charge in [-0.1, -0.05) is 102 Å². The first-order valence-corrected chi connectivity index (χ1v) is 14.9. The largest absolute Gasteiger partial charge is 0.311 e. The van der Waals surface area contributed by atoms with Crippen LogP contribution in [-0.4, -0.2) is 11.6 Å². The minimum Gasteiger partial charge on any atom is -0.311 e. The van der Waals surface area contributed by atoms with Crippen molar-refractivity contribution in [2.45, 2.75) is 52.4 Å². The van der Waals surface area contributed by atoms with E-state index in [4.69, 9.17) is 0 Å². The van der Waals surface area contributed by atoms with Crippen LogP contribution in [0.1, 0.15) is 68.6 Å². The maximum atomic E-state index is 12.5. The summed E-state index contributed by atoms with van der Waals surface area (Å²) in [6.07, 6.45) is 3.11. The Morgan fingerprint density at radius 2 is 1.05 bits per heavy atom. The summed E-state index contributed by atoms with van der Waals surface area (Å²) in [4.78, 5) is 26.7. The van der Waals surface area contributed by atoms with Crippen LogP contribution in [-0.2, 0) is 15.6 Å². The zero-order chi connectivity index (χ0) is 30.5. The maximum Gasteiger partial charge on any atom is 0.233 e. The molecule has 0 radical (unpaired) electrons. The van der Waals surface area contributed by atoms with Gasteiger partial charge in [0.25, 0.3) is 0 Å². The lowest BCUT2D eigenvalue weighted by Crippen LogP contribution is -2.16. The van der Waals surface area contributed by atoms with Crippen molar-refractivity contribution >= 4 is 45.5 Å². The average molecular weight is 564 g/mol. The van der Waals surface area contributed by atoms with Crippen molar-refractivity contribution in [3.05, 3.63) is 131 Å². The van der Waals surface area contributed by atoms with Crippen molar-refractivity contribution in [1.82, 2.24) is 0 Å². The average Bonchev–Trinajstić information content (AvgIpc) is 2.98. The lowest BCUT2D eigenvalue weighted by atomic mass is 9.86. The molecule has 0 fully saturated rings. The zero-order valence-electron chi connectivity index (χ0n) is 25.7. The molecular weight excluding hydrogens is 526 g/mol. The number of nitrogens with zero attached hydrogens (tertiary/aromatic N) is 1. The van der Waals surface area contributed by atoms with Crippen LogP contribution in [0.4, 0.5) is 17.1 Å². The summed E-state index contributed by atoms with van der Waals surface area (Å²) in [5.41, 5.74) is 9.46. The number of fused-ring (bicyclic) bond motifs is 2. The van der Waals surface area contributed by atoms with Crippen LogP contribution in [0.15, 0.2) is 109 Å². The number of anilines is 3. The van der Waals surface area contributed by atoms with Gasteiger partial charge >= 0.3 is 0 Å². The van der Waals surface area contributed by atoms with Crippen LogP contribution in [0.3, 0.4) is 0 Å². The van der Waals surface area contributed by atoms with Gasteiger partial charge in [0, 0.05) is 22.6 Å². The predicted octanol–water partition coefficient (Wildman–Crippen LogP) is 10.4. The summed E-state index contributed by atoms with van der Waals surface area (Å²) in [5.74, 6) is -0.912. The molecular formula is C40H37NO2. The Balaban J connectivity index is 1.42. The Bertz CT molecular complexity index is 1820. The molecule has 0 heterocycles. The summed E-state index contributed by atoms with van der Waals surface area (Å²) < 4.78 is 0. The highest BCUT2D eigenvalue weighted by Gasteiger charge is 2.22. The monoisotopic (exact) mass is 563 g/mol. The topological polar surface area (TPSA) is 37.4 Å². The highest BCUT2D eigenvalue weighted by atomic mass is 16.2. The van der Waals surface area contributed by atoms with Crippen molar-refractivity contribution in [3.8, 4) is 11.1 Å². The normalized spacial score (nSPS) is 13.3. The van der Waals surface area contributed by atoms with Crippen molar-refractivity contribution in [2.24, 2.45) is 0 Å². The number of benzene rings is 5. The summed E-state index contributed by atoms with van der Waals surface area (Å²) in [6.45, 7) is 13.4. The van der Waals surface area contributed by atoms with E-state index in [1.807, 2.05) is 24.3 Å². The van der Waals surface area contributed by atoms with Gasteiger partial charge in [0.1, 0.15) is 0 Å². The molecule has 0 aromatic heterocycles. The summed E-state index contributed by atoms with van der Waals surface area (Å²) in [7, 11) is 0. The van der Waals surface area contributed by atoms with E-state index >= 15 is 0 Å². The second-order valence-electron chi connectivity index (χ2n) is 13.5. The first-order chi connectivity index (χ1) is 20.4. The standard InChI is InChI=1S/C40H37NO2/c1-39(2,3)29-13-19-32(20-14-29)41(33-21-15-30(16-22-33)40(4,5)6)31-17-10-26(11-18-31)34-9-7-8-27-25-36-28(24-35(27)34)12-23-37(42)38(36)43/h7-25H,1-6H3. The second-order valence-corrected chi connectivity index (χ2v) is 13.5. The molecule has 0 N–H and O–H groups in total. The van der Waals surface area contributed by atoms with E-state index in [0.29, 0.717) is 5.56 Å². The Morgan fingerprint density at radius 1 is 0.535 bits per heavy atom. The van der Waals surface area contributed by atoms with Crippen LogP contribution in [0, 0.1) is 0 Å². The molecule has 5 aromatic carbocycles. The summed E-state index contributed by atoms with van der Waals surface area (Å²) >= 11 is 0. The first kappa shape index (κ1) is 28.4. The van der Waals surface area contributed by atoms with Gasteiger partial charge < -0.3 is 4.90 Å². The molecule has 0 saturated carbocycles. The number of allylic oxidation sites excluding steroid dienone is 1. The van der Waals surface area contributed by atoms with Gasteiger partial charge in [0.2, 0.25) is 11.6 Å². The molecule has 0 atom stereocenters. The Kier molecular flexibility index (Phi) is 6.93. The fraction of sp³-hybridized carbons (Fsp3) is 0.200. The molecule has 6 rings (SSSR count). The second kappa shape index (κ2) is 10.5. The van der Waals surface area contributed by atoms with Crippen LogP contribution < -0.4 is 4.90 Å². The molecule has 0 unspecified atom stereocenters. The van der Waals surface area contributed by atoms with Crippen LogP contribution in [0.25, 0.3) is 28.0 Å². The van der Waals surface area contributed by atoms with Crippen LogP contribution >= 0.6 is 0 Å². The molecule has 3 nitrogen and oxygen atoms in total. The number of rotatable bonds is 4. The number of hydrogen-bond donors (Lipinski definition) is 0. The smallest absolute Gasteiger partial charge is 0.233 e. The Morgan fingerprint density at radius 3 is 1.56 bits per heavy atom. The van der Waals surface area contributed by atoms with E-state index in [9.17, 15) is 9.59 Å².